The molecule has 24 heavy (non-hydrogen) atoms. The third-order valence-corrected chi connectivity index (χ3v) is 15.5. The second-order valence-corrected chi connectivity index (χ2v) is 20.3. The maximum Gasteiger partial charge on any atom is 0.192 e. The summed E-state index contributed by atoms with van der Waals surface area (Å²) in [7, 11) is -3.30. The average Bonchev–Trinajstić information content (AvgIpc) is 2.41. The van der Waals surface area contributed by atoms with E-state index < -0.39 is 16.6 Å². The Morgan fingerprint density at radius 2 is 1.08 bits per heavy atom. The molecule has 144 valence electrons. The smallest absolute Gasteiger partial charge is 0.192 e. The van der Waals surface area contributed by atoms with Crippen molar-refractivity contribution in [3.8, 4) is 0 Å². The Kier molecular flexibility index (Phi) is 7.37. The van der Waals surface area contributed by atoms with E-state index in [0.717, 1.165) is 13.2 Å². The summed E-state index contributed by atoms with van der Waals surface area (Å²) in [6.07, 6.45) is 3.74. The van der Waals surface area contributed by atoms with E-state index in [2.05, 4.69) is 73.0 Å². The van der Waals surface area contributed by atoms with Gasteiger partial charge in [-0.1, -0.05) is 48.0 Å². The van der Waals surface area contributed by atoms with Gasteiger partial charge in [-0.25, -0.2) is 0 Å². The van der Waals surface area contributed by atoms with Crippen LogP contribution in [-0.4, -0.2) is 41.9 Å². The molecule has 0 amide bonds. The Morgan fingerprint density at radius 1 is 0.750 bits per heavy atom. The van der Waals surface area contributed by atoms with Crippen molar-refractivity contribution >= 4 is 16.6 Å². The van der Waals surface area contributed by atoms with Gasteiger partial charge in [-0.2, -0.15) is 0 Å². The highest BCUT2D eigenvalue weighted by Crippen LogP contribution is 2.37. The van der Waals surface area contributed by atoms with Gasteiger partial charge >= 0.3 is 0 Å². The van der Waals surface area contributed by atoms with Gasteiger partial charge in [-0.05, 0) is 49.1 Å². The molecule has 0 unspecified atom stereocenters. The zero-order valence-electron chi connectivity index (χ0n) is 18.0. The summed E-state index contributed by atoms with van der Waals surface area (Å²) in [4.78, 5) is 0. The molecule has 1 saturated heterocycles. The first-order valence-corrected chi connectivity index (χ1v) is 15.5. The predicted molar refractivity (Wildman–Crippen MR) is 111 cm³/mol. The summed E-state index contributed by atoms with van der Waals surface area (Å²) in [6, 6.07) is 0.974. The van der Waals surface area contributed by atoms with E-state index in [-0.39, 0.29) is 10.1 Å². The van der Waals surface area contributed by atoms with Crippen molar-refractivity contribution in [1.29, 1.82) is 0 Å². The van der Waals surface area contributed by atoms with Crippen molar-refractivity contribution in [3.63, 3.8) is 0 Å². The van der Waals surface area contributed by atoms with Crippen LogP contribution in [-0.2, 0) is 8.85 Å². The second kappa shape index (κ2) is 7.91. The highest BCUT2D eigenvalue weighted by Gasteiger charge is 2.39. The van der Waals surface area contributed by atoms with Crippen LogP contribution in [0.2, 0.25) is 36.3 Å². The fourth-order valence-electron chi connectivity index (χ4n) is 2.42. The van der Waals surface area contributed by atoms with E-state index in [0.29, 0.717) is 12.1 Å². The zero-order chi connectivity index (χ0) is 18.8. The van der Waals surface area contributed by atoms with Crippen LogP contribution in [0.25, 0.3) is 0 Å². The maximum absolute atomic E-state index is 6.43. The van der Waals surface area contributed by atoms with Gasteiger partial charge in [0.15, 0.2) is 16.6 Å². The molecule has 2 atom stereocenters. The molecular weight excluding hydrogens is 330 g/mol. The van der Waals surface area contributed by atoms with Crippen LogP contribution in [0, 0.1) is 0 Å². The lowest BCUT2D eigenvalue weighted by Gasteiger charge is -2.40. The Balaban J connectivity index is 2.48. The normalized spacial score (nSPS) is 24.2. The first kappa shape index (κ1) is 22.4. The lowest BCUT2D eigenvalue weighted by Crippen LogP contribution is -2.52. The quantitative estimate of drug-likeness (QED) is 0.620. The monoisotopic (exact) mass is 373 g/mol. The average molecular weight is 374 g/mol. The van der Waals surface area contributed by atoms with Gasteiger partial charge in [0.1, 0.15) is 0 Å². The number of rotatable bonds is 6. The Bertz CT molecular complexity index is 361. The molecule has 0 bridgehead atoms. The lowest BCUT2D eigenvalue weighted by atomic mass is 10.00. The van der Waals surface area contributed by atoms with Gasteiger partial charge in [0.25, 0.3) is 0 Å². The summed E-state index contributed by atoms with van der Waals surface area (Å²) < 4.78 is 12.9. The second-order valence-electron chi connectivity index (χ2n) is 10.6. The minimum absolute atomic E-state index is 0.284. The summed E-state index contributed by atoms with van der Waals surface area (Å²) in [5.74, 6) is 0. The van der Waals surface area contributed by atoms with Crippen LogP contribution in [0.1, 0.15) is 60.8 Å². The van der Waals surface area contributed by atoms with Crippen LogP contribution >= 0.6 is 0 Å². The molecule has 0 spiro atoms. The van der Waals surface area contributed by atoms with Gasteiger partial charge < -0.3 is 14.2 Å². The van der Waals surface area contributed by atoms with Crippen LogP contribution in [0.4, 0.5) is 0 Å². The molecule has 0 aliphatic carbocycles. The lowest BCUT2D eigenvalue weighted by molar-refractivity contribution is 0.162. The molecule has 5 heteroatoms. The maximum atomic E-state index is 6.43. The molecule has 1 fully saturated rings. The van der Waals surface area contributed by atoms with Crippen molar-refractivity contribution < 1.29 is 8.85 Å². The van der Waals surface area contributed by atoms with Crippen LogP contribution in [0.15, 0.2) is 0 Å². The summed E-state index contributed by atoms with van der Waals surface area (Å²) in [5, 5.41) is 4.36. The van der Waals surface area contributed by atoms with Crippen LogP contribution in [0.3, 0.4) is 0 Å². The number of hydrogen-bond donors (Lipinski definition) is 1. The summed E-state index contributed by atoms with van der Waals surface area (Å²) in [6.45, 7) is 24.9. The molecule has 1 aliphatic rings. The zero-order valence-corrected chi connectivity index (χ0v) is 20.0. The van der Waals surface area contributed by atoms with Gasteiger partial charge in [-0.15, -0.1) is 0 Å². The minimum Gasteiger partial charge on any atom is -0.415 e. The number of hydrogen-bond acceptors (Lipinski definition) is 3. The van der Waals surface area contributed by atoms with Crippen molar-refractivity contribution in [2.24, 2.45) is 0 Å². The van der Waals surface area contributed by atoms with Crippen molar-refractivity contribution in [3.05, 3.63) is 0 Å². The standard InChI is InChI=1S/C19H43NO2Si2/c1-18(2,3)23(7,8)21-14-16-12-11-13-17(20-16)15-22-24(9,10)19(4,5)6/h16-17,20H,11-15H2,1-10H3/t16-,17-/m1/s1. The molecule has 0 radical (unpaired) electrons. The van der Waals surface area contributed by atoms with E-state index in [1.807, 2.05) is 0 Å². The van der Waals surface area contributed by atoms with Gasteiger partial charge in [0.05, 0.1) is 0 Å². The van der Waals surface area contributed by atoms with Crippen LogP contribution in [0.5, 0.6) is 0 Å². The van der Waals surface area contributed by atoms with E-state index in [1.165, 1.54) is 19.3 Å². The fourth-order valence-corrected chi connectivity index (χ4v) is 4.53. The molecule has 1 N–H and O–H groups in total. The highest BCUT2D eigenvalue weighted by molar-refractivity contribution is 6.74. The molecular formula is C19H43NO2Si2. The molecule has 1 aliphatic heterocycles. The fraction of sp³-hybridized carbons (Fsp3) is 1.00. The topological polar surface area (TPSA) is 30.5 Å². The molecule has 0 aromatic heterocycles. The SMILES string of the molecule is CC(C)(C)[Si](C)(C)OC[C@H]1CCC[C@H](CO[Si](C)(C)C(C)(C)C)N1. The Hall–Kier alpha value is 0.314. The molecule has 0 saturated carbocycles. The Labute approximate surface area is 153 Å². The summed E-state index contributed by atoms with van der Waals surface area (Å²) in [5.41, 5.74) is 0. The van der Waals surface area contributed by atoms with Gasteiger partial charge in [-0.3, -0.25) is 0 Å². The molecule has 3 nitrogen and oxygen atoms in total. The molecule has 0 aromatic carbocycles. The first-order chi connectivity index (χ1) is 10.7. The third kappa shape index (κ3) is 6.24. The van der Waals surface area contributed by atoms with E-state index in [4.69, 9.17) is 8.85 Å². The van der Waals surface area contributed by atoms with Crippen LogP contribution < -0.4 is 5.32 Å². The first-order valence-electron chi connectivity index (χ1n) is 9.70. The molecule has 1 heterocycles. The number of piperidine rings is 1. The van der Waals surface area contributed by atoms with Crippen molar-refractivity contribution in [1.82, 2.24) is 5.32 Å². The highest BCUT2D eigenvalue weighted by atomic mass is 28.4. The third-order valence-electron chi connectivity index (χ3n) is 6.48. The van der Waals surface area contributed by atoms with Gasteiger partial charge in [0, 0.05) is 25.3 Å². The number of nitrogens with one attached hydrogen (secondary N) is 1. The van der Waals surface area contributed by atoms with E-state index in [1.54, 1.807) is 0 Å². The summed E-state index contributed by atoms with van der Waals surface area (Å²) >= 11 is 0. The van der Waals surface area contributed by atoms with E-state index in [9.17, 15) is 0 Å². The predicted octanol–water partition coefficient (Wildman–Crippen LogP) is 5.54. The molecule has 0 aromatic rings. The van der Waals surface area contributed by atoms with Gasteiger partial charge in [0.2, 0.25) is 0 Å². The minimum atomic E-state index is -1.65. The van der Waals surface area contributed by atoms with Crippen molar-refractivity contribution in [2.75, 3.05) is 13.2 Å². The van der Waals surface area contributed by atoms with E-state index >= 15 is 0 Å². The molecule has 1 rings (SSSR count). The Morgan fingerprint density at radius 3 is 1.38 bits per heavy atom. The largest absolute Gasteiger partial charge is 0.415 e. The van der Waals surface area contributed by atoms with Crippen molar-refractivity contribution in [2.45, 2.75) is 109 Å².